The largest absolute Gasteiger partial charge is 0.144 e. The van der Waals surface area contributed by atoms with Gasteiger partial charge in [0.2, 0.25) is 0 Å². The predicted octanol–water partition coefficient (Wildman–Crippen LogP) is 3.03. The fraction of sp³-hybridized carbons (Fsp3) is 0. The van der Waals surface area contributed by atoms with Crippen molar-refractivity contribution in [2.24, 2.45) is 0 Å². The van der Waals surface area contributed by atoms with Crippen LogP contribution in [-0.4, -0.2) is 7.85 Å². The van der Waals surface area contributed by atoms with E-state index in [2.05, 4.69) is 21.3 Å². The van der Waals surface area contributed by atoms with Crippen LogP contribution < -0.4 is 5.46 Å². The van der Waals surface area contributed by atoms with Crippen LogP contribution in [0.25, 0.3) is 9.75 Å². The minimum atomic E-state index is 0.864. The molecule has 0 atom stereocenters. The van der Waals surface area contributed by atoms with Gasteiger partial charge in [-0.1, -0.05) is 11.5 Å². The van der Waals surface area contributed by atoms with Gasteiger partial charge in [0, 0.05) is 9.35 Å². The van der Waals surface area contributed by atoms with Gasteiger partial charge in [0.1, 0.15) is 7.85 Å². The Balaban J connectivity index is 2.57. The van der Waals surface area contributed by atoms with E-state index < -0.39 is 0 Å². The number of thiophene rings is 2. The molecule has 0 aliphatic rings. The summed E-state index contributed by atoms with van der Waals surface area (Å²) in [4.78, 5) is 2.39. The quantitative estimate of drug-likeness (QED) is 0.687. The molecule has 4 heteroatoms. The molecule has 0 spiro atoms. The maximum Gasteiger partial charge on any atom is 0.115 e. The van der Waals surface area contributed by atoms with Gasteiger partial charge in [-0.2, -0.15) is 0 Å². The van der Waals surface area contributed by atoms with Crippen molar-refractivity contribution in [1.82, 2.24) is 0 Å². The van der Waals surface area contributed by atoms with Crippen LogP contribution in [0.2, 0.25) is 0 Å². The van der Waals surface area contributed by atoms with Gasteiger partial charge in [0.15, 0.2) is 0 Å². The topological polar surface area (TPSA) is 0 Å². The van der Waals surface area contributed by atoms with E-state index in [-0.39, 0.29) is 0 Å². The highest BCUT2D eigenvalue weighted by atomic mass is 79.9. The lowest BCUT2D eigenvalue weighted by molar-refractivity contribution is 1.88. The lowest BCUT2D eigenvalue weighted by Gasteiger charge is -1.95. The third-order valence-electron chi connectivity index (χ3n) is 1.52. The Bertz CT molecular complexity index is 353. The second kappa shape index (κ2) is 3.36. The molecule has 0 saturated carbocycles. The van der Waals surface area contributed by atoms with E-state index in [1.807, 2.05) is 17.5 Å². The number of rotatable bonds is 1. The summed E-state index contributed by atoms with van der Waals surface area (Å²) >= 11 is 6.87. The van der Waals surface area contributed by atoms with Crippen molar-refractivity contribution in [3.8, 4) is 9.75 Å². The average Bonchev–Trinajstić information content (AvgIpc) is 2.59. The molecule has 2 heterocycles. The summed E-state index contributed by atoms with van der Waals surface area (Å²) in [6, 6.07) is 3.98. The molecule has 0 aromatic carbocycles. The molecule has 2 rings (SSSR count). The molecule has 0 N–H and O–H groups in total. The molecule has 2 aromatic heterocycles. The minimum absolute atomic E-state index is 0.864. The first-order chi connectivity index (χ1) is 5.79. The third-order valence-corrected chi connectivity index (χ3v) is 4.45. The van der Waals surface area contributed by atoms with Crippen LogP contribution >= 0.6 is 38.6 Å². The maximum atomic E-state index is 5.80. The van der Waals surface area contributed by atoms with E-state index in [4.69, 9.17) is 7.85 Å². The van der Waals surface area contributed by atoms with Gasteiger partial charge < -0.3 is 0 Å². The van der Waals surface area contributed by atoms with Crippen molar-refractivity contribution in [2.45, 2.75) is 0 Å². The standard InChI is InChI=1S/C8H4BBrS2/c9-5-1-3-11-7(5)8-6(10)2-4-12-8/h1-4H. The number of halogens is 1. The average molecular weight is 255 g/mol. The summed E-state index contributed by atoms with van der Waals surface area (Å²) in [6.45, 7) is 0. The smallest absolute Gasteiger partial charge is 0.115 e. The van der Waals surface area contributed by atoms with Crippen molar-refractivity contribution >= 4 is 51.9 Å². The van der Waals surface area contributed by atoms with Crippen molar-refractivity contribution in [2.75, 3.05) is 0 Å². The molecular formula is C8H4BBrS2. The van der Waals surface area contributed by atoms with E-state index in [1.54, 1.807) is 22.7 Å². The lowest BCUT2D eigenvalue weighted by atomic mass is 9.97. The number of hydrogen-bond donors (Lipinski definition) is 0. The van der Waals surface area contributed by atoms with Crippen molar-refractivity contribution in [3.63, 3.8) is 0 Å². The molecule has 2 aromatic rings. The molecule has 0 aliphatic carbocycles. The number of hydrogen-bond acceptors (Lipinski definition) is 2. The van der Waals surface area contributed by atoms with Crippen LogP contribution in [0.5, 0.6) is 0 Å². The highest BCUT2D eigenvalue weighted by Crippen LogP contribution is 2.34. The SMILES string of the molecule is [B]c1ccsc1-c1sccc1Br. The van der Waals surface area contributed by atoms with Crippen LogP contribution in [-0.2, 0) is 0 Å². The molecule has 0 unspecified atom stereocenters. The molecule has 0 amide bonds. The van der Waals surface area contributed by atoms with Gasteiger partial charge in [-0.05, 0) is 32.8 Å². The molecule has 0 saturated heterocycles. The molecule has 58 valence electrons. The zero-order valence-electron chi connectivity index (χ0n) is 6.08. The van der Waals surface area contributed by atoms with Crippen LogP contribution in [0.4, 0.5) is 0 Å². The Kier molecular flexibility index (Phi) is 2.39. The van der Waals surface area contributed by atoms with E-state index in [0.717, 1.165) is 14.8 Å². The fourth-order valence-electron chi connectivity index (χ4n) is 0.959. The van der Waals surface area contributed by atoms with Crippen molar-refractivity contribution in [3.05, 3.63) is 27.4 Å². The van der Waals surface area contributed by atoms with Crippen molar-refractivity contribution in [1.29, 1.82) is 0 Å². The predicted molar refractivity (Wildman–Crippen MR) is 60.7 cm³/mol. The molecule has 0 fully saturated rings. The Morgan fingerprint density at radius 2 is 1.75 bits per heavy atom. The summed E-state index contributed by atoms with van der Waals surface area (Å²) in [6.07, 6.45) is 0. The minimum Gasteiger partial charge on any atom is -0.144 e. The van der Waals surface area contributed by atoms with Gasteiger partial charge in [-0.15, -0.1) is 22.7 Å². The third kappa shape index (κ3) is 1.39. The Morgan fingerprint density at radius 3 is 2.25 bits per heavy atom. The summed E-state index contributed by atoms with van der Waals surface area (Å²) in [5.74, 6) is 0. The Labute approximate surface area is 88.8 Å². The second-order valence-corrected chi connectivity index (χ2v) is 4.99. The molecule has 2 radical (unpaired) electrons. The van der Waals surface area contributed by atoms with E-state index in [9.17, 15) is 0 Å². The summed E-state index contributed by atoms with van der Waals surface area (Å²) in [7, 11) is 5.80. The fourth-order valence-corrected chi connectivity index (χ4v) is 3.68. The summed E-state index contributed by atoms with van der Waals surface area (Å²) in [5.41, 5.74) is 0.864. The van der Waals surface area contributed by atoms with Crippen LogP contribution in [0.3, 0.4) is 0 Å². The van der Waals surface area contributed by atoms with Gasteiger partial charge in [0.25, 0.3) is 0 Å². The van der Waals surface area contributed by atoms with E-state index >= 15 is 0 Å². The Morgan fingerprint density at radius 1 is 1.08 bits per heavy atom. The van der Waals surface area contributed by atoms with E-state index in [1.165, 1.54) is 4.88 Å². The monoisotopic (exact) mass is 254 g/mol. The zero-order chi connectivity index (χ0) is 8.55. The highest BCUT2D eigenvalue weighted by molar-refractivity contribution is 9.10. The van der Waals surface area contributed by atoms with Gasteiger partial charge >= 0.3 is 0 Å². The Hall–Kier alpha value is -0.0551. The normalized spacial score (nSPS) is 10.4. The zero-order valence-corrected chi connectivity index (χ0v) is 9.30. The van der Waals surface area contributed by atoms with Gasteiger partial charge in [-0.3, -0.25) is 0 Å². The molecule has 0 bridgehead atoms. The maximum absolute atomic E-state index is 5.80. The highest BCUT2D eigenvalue weighted by Gasteiger charge is 2.07. The second-order valence-electron chi connectivity index (χ2n) is 2.30. The van der Waals surface area contributed by atoms with Gasteiger partial charge in [-0.25, -0.2) is 0 Å². The first-order valence-corrected chi connectivity index (χ1v) is 5.90. The first kappa shape index (κ1) is 8.54. The van der Waals surface area contributed by atoms with Gasteiger partial charge in [0.05, 0.1) is 4.88 Å². The summed E-state index contributed by atoms with van der Waals surface area (Å²) < 4.78 is 1.13. The molecule has 12 heavy (non-hydrogen) atoms. The van der Waals surface area contributed by atoms with Crippen LogP contribution in [0.15, 0.2) is 27.4 Å². The summed E-state index contributed by atoms with van der Waals surface area (Å²) in [5, 5.41) is 4.06. The van der Waals surface area contributed by atoms with Crippen LogP contribution in [0.1, 0.15) is 0 Å². The molecule has 0 aliphatic heterocycles. The van der Waals surface area contributed by atoms with Crippen LogP contribution in [0, 0.1) is 0 Å². The van der Waals surface area contributed by atoms with E-state index in [0.29, 0.717) is 0 Å². The molecule has 0 nitrogen and oxygen atoms in total. The lowest BCUT2D eigenvalue weighted by Crippen LogP contribution is -1.98. The van der Waals surface area contributed by atoms with Crippen molar-refractivity contribution < 1.29 is 0 Å². The molecular weight excluding hydrogens is 251 g/mol. The first-order valence-electron chi connectivity index (χ1n) is 3.35.